The van der Waals surface area contributed by atoms with Gasteiger partial charge in [0.2, 0.25) is 0 Å². The molecule has 2 atom stereocenters. The lowest BCUT2D eigenvalue weighted by Crippen LogP contribution is -2.46. The van der Waals surface area contributed by atoms with Gasteiger partial charge in [-0.15, -0.1) is 0 Å². The minimum atomic E-state index is -0.136. The average Bonchev–Trinajstić information content (AvgIpc) is 2.42. The molecule has 2 rings (SSSR count). The first kappa shape index (κ1) is 14.9. The Hall–Kier alpha value is -0.450. The Balaban J connectivity index is 2.05. The van der Waals surface area contributed by atoms with Crippen LogP contribution in [0.1, 0.15) is 31.7 Å². The van der Waals surface area contributed by atoms with E-state index in [1.165, 1.54) is 18.9 Å². The molecule has 1 aliphatic rings. The van der Waals surface area contributed by atoms with E-state index in [2.05, 4.69) is 27.8 Å². The fourth-order valence-electron chi connectivity index (χ4n) is 2.88. The van der Waals surface area contributed by atoms with Crippen LogP contribution in [0.25, 0.3) is 0 Å². The highest BCUT2D eigenvalue weighted by Gasteiger charge is 2.27. The van der Waals surface area contributed by atoms with E-state index in [-0.39, 0.29) is 5.82 Å². The minimum absolute atomic E-state index is 0.136. The minimum Gasteiger partial charge on any atom is -0.329 e. The molecule has 0 radical (unpaired) electrons. The van der Waals surface area contributed by atoms with Crippen molar-refractivity contribution in [2.45, 2.75) is 38.8 Å². The van der Waals surface area contributed by atoms with Gasteiger partial charge < -0.3 is 5.73 Å². The summed E-state index contributed by atoms with van der Waals surface area (Å²) in [5.74, 6) is 0.641. The zero-order chi connectivity index (χ0) is 13.8. The van der Waals surface area contributed by atoms with Gasteiger partial charge in [-0.05, 0) is 37.4 Å². The second kappa shape index (κ2) is 6.82. The molecule has 106 valence electrons. The van der Waals surface area contributed by atoms with E-state index < -0.39 is 0 Å². The van der Waals surface area contributed by atoms with Gasteiger partial charge in [-0.2, -0.15) is 0 Å². The van der Waals surface area contributed by atoms with Crippen LogP contribution in [-0.2, 0) is 6.54 Å². The third-order valence-corrected chi connectivity index (χ3v) is 4.68. The number of benzene rings is 1. The molecule has 1 saturated heterocycles. The number of hydrogen-bond acceptors (Lipinski definition) is 2. The number of piperidine rings is 1. The van der Waals surface area contributed by atoms with E-state index in [1.54, 1.807) is 0 Å². The Morgan fingerprint density at radius 3 is 2.89 bits per heavy atom. The van der Waals surface area contributed by atoms with Crippen molar-refractivity contribution in [2.75, 3.05) is 13.1 Å². The van der Waals surface area contributed by atoms with E-state index in [0.717, 1.165) is 28.9 Å². The first-order valence-electron chi connectivity index (χ1n) is 7.02. The van der Waals surface area contributed by atoms with E-state index in [1.807, 2.05) is 12.1 Å². The summed E-state index contributed by atoms with van der Waals surface area (Å²) in [5, 5.41) is 0. The van der Waals surface area contributed by atoms with Crippen molar-refractivity contribution >= 4 is 15.9 Å². The van der Waals surface area contributed by atoms with E-state index >= 15 is 0 Å². The van der Waals surface area contributed by atoms with Gasteiger partial charge in [-0.25, -0.2) is 4.39 Å². The van der Waals surface area contributed by atoms with Crippen LogP contribution in [0.3, 0.4) is 0 Å². The van der Waals surface area contributed by atoms with Crippen LogP contribution in [0.5, 0.6) is 0 Å². The van der Waals surface area contributed by atoms with Crippen LogP contribution in [0.4, 0.5) is 4.39 Å². The summed E-state index contributed by atoms with van der Waals surface area (Å²) in [6.45, 7) is 4.59. The van der Waals surface area contributed by atoms with Crippen molar-refractivity contribution in [3.05, 3.63) is 34.1 Å². The second-order valence-electron chi connectivity index (χ2n) is 5.39. The van der Waals surface area contributed by atoms with Gasteiger partial charge >= 0.3 is 0 Å². The molecule has 0 spiro atoms. The van der Waals surface area contributed by atoms with Gasteiger partial charge in [0.15, 0.2) is 0 Å². The molecule has 2 N–H and O–H groups in total. The largest absolute Gasteiger partial charge is 0.329 e. The lowest BCUT2D eigenvalue weighted by atomic mass is 9.88. The van der Waals surface area contributed by atoms with Crippen LogP contribution >= 0.6 is 15.9 Å². The molecule has 4 heteroatoms. The predicted molar refractivity (Wildman–Crippen MR) is 80.4 cm³/mol. The summed E-state index contributed by atoms with van der Waals surface area (Å²) < 4.78 is 14.7. The summed E-state index contributed by atoms with van der Waals surface area (Å²) in [6.07, 6.45) is 3.56. The summed E-state index contributed by atoms with van der Waals surface area (Å²) in [5.41, 5.74) is 6.64. The molecule has 0 aromatic heterocycles. The molecule has 0 saturated carbocycles. The highest BCUT2D eigenvalue weighted by molar-refractivity contribution is 9.10. The second-order valence-corrected chi connectivity index (χ2v) is 6.31. The quantitative estimate of drug-likeness (QED) is 0.915. The molecule has 0 amide bonds. The molecule has 1 fully saturated rings. The predicted octanol–water partition coefficient (Wildman–Crippen LogP) is 3.54. The smallest absolute Gasteiger partial charge is 0.128 e. The molecule has 19 heavy (non-hydrogen) atoms. The number of hydrogen-bond donors (Lipinski definition) is 1. The van der Waals surface area contributed by atoms with Crippen LogP contribution in [0.15, 0.2) is 22.7 Å². The van der Waals surface area contributed by atoms with E-state index in [0.29, 0.717) is 19.1 Å². The Bertz CT molecular complexity index is 425. The third-order valence-electron chi connectivity index (χ3n) is 4.18. The first-order chi connectivity index (χ1) is 9.13. The van der Waals surface area contributed by atoms with Crippen molar-refractivity contribution in [2.24, 2.45) is 11.7 Å². The molecule has 0 aliphatic carbocycles. The summed E-state index contributed by atoms with van der Waals surface area (Å²) in [4.78, 5) is 2.33. The van der Waals surface area contributed by atoms with E-state index in [4.69, 9.17) is 5.73 Å². The zero-order valence-electron chi connectivity index (χ0n) is 11.4. The molecule has 0 bridgehead atoms. The number of halogens is 2. The first-order valence-corrected chi connectivity index (χ1v) is 7.81. The Labute approximate surface area is 123 Å². The fourth-order valence-corrected chi connectivity index (χ4v) is 3.21. The number of nitrogens with two attached hydrogens (primary N) is 1. The maximum atomic E-state index is 13.9. The molecular formula is C15H22BrFN2. The van der Waals surface area contributed by atoms with Crippen molar-refractivity contribution in [1.29, 1.82) is 0 Å². The Kier molecular flexibility index (Phi) is 5.37. The molecule has 2 nitrogen and oxygen atoms in total. The lowest BCUT2D eigenvalue weighted by Gasteiger charge is -2.39. The maximum Gasteiger partial charge on any atom is 0.128 e. The molecule has 2 unspecified atom stereocenters. The fraction of sp³-hybridized carbons (Fsp3) is 0.600. The summed E-state index contributed by atoms with van der Waals surface area (Å²) in [7, 11) is 0. The molecular weight excluding hydrogens is 307 g/mol. The maximum absolute atomic E-state index is 13.9. The lowest BCUT2D eigenvalue weighted by molar-refractivity contribution is 0.106. The third kappa shape index (κ3) is 3.77. The molecule has 1 heterocycles. The SMILES string of the molecule is CCC1CCN(Cc2ccc(Br)cc2F)C(CN)C1. The van der Waals surface area contributed by atoms with Crippen LogP contribution < -0.4 is 5.73 Å². The summed E-state index contributed by atoms with van der Waals surface area (Å²) >= 11 is 3.29. The zero-order valence-corrected chi connectivity index (χ0v) is 13.0. The van der Waals surface area contributed by atoms with Gasteiger partial charge in [0.05, 0.1) is 0 Å². The van der Waals surface area contributed by atoms with Gasteiger partial charge in [0, 0.05) is 29.2 Å². The van der Waals surface area contributed by atoms with Gasteiger partial charge in [-0.1, -0.05) is 35.3 Å². The van der Waals surface area contributed by atoms with Gasteiger partial charge in [0.1, 0.15) is 5.82 Å². The topological polar surface area (TPSA) is 29.3 Å². The van der Waals surface area contributed by atoms with Crippen molar-refractivity contribution < 1.29 is 4.39 Å². The number of rotatable bonds is 4. The monoisotopic (exact) mass is 328 g/mol. The summed E-state index contributed by atoms with van der Waals surface area (Å²) in [6, 6.07) is 5.68. The van der Waals surface area contributed by atoms with Gasteiger partial charge in [-0.3, -0.25) is 4.90 Å². The van der Waals surface area contributed by atoms with Crippen molar-refractivity contribution in [3.8, 4) is 0 Å². The standard InChI is InChI=1S/C15H22BrFN2/c1-2-11-5-6-19(14(7-11)9-18)10-12-3-4-13(16)8-15(12)17/h3-4,8,11,14H,2,5-7,9-10,18H2,1H3. The number of nitrogens with zero attached hydrogens (tertiary/aromatic N) is 1. The van der Waals surface area contributed by atoms with Crippen LogP contribution in [0.2, 0.25) is 0 Å². The van der Waals surface area contributed by atoms with Crippen molar-refractivity contribution in [3.63, 3.8) is 0 Å². The Morgan fingerprint density at radius 2 is 2.26 bits per heavy atom. The van der Waals surface area contributed by atoms with E-state index in [9.17, 15) is 4.39 Å². The average molecular weight is 329 g/mol. The Morgan fingerprint density at radius 1 is 1.47 bits per heavy atom. The highest BCUT2D eigenvalue weighted by Crippen LogP contribution is 2.27. The normalized spacial score (nSPS) is 24.6. The van der Waals surface area contributed by atoms with Crippen LogP contribution in [-0.4, -0.2) is 24.0 Å². The highest BCUT2D eigenvalue weighted by atomic mass is 79.9. The van der Waals surface area contributed by atoms with Gasteiger partial charge in [0.25, 0.3) is 0 Å². The molecule has 1 aliphatic heterocycles. The molecule has 1 aromatic carbocycles. The van der Waals surface area contributed by atoms with Crippen molar-refractivity contribution in [1.82, 2.24) is 4.90 Å². The number of likely N-dealkylation sites (tertiary alicyclic amines) is 1. The molecule has 1 aromatic rings. The van der Waals surface area contributed by atoms with Crippen LogP contribution in [0, 0.1) is 11.7 Å².